The van der Waals surface area contributed by atoms with E-state index in [1.54, 1.807) is 6.07 Å². The minimum absolute atomic E-state index is 0.136. The van der Waals surface area contributed by atoms with Crippen LogP contribution in [0.1, 0.15) is 24.8 Å². The highest BCUT2D eigenvalue weighted by Crippen LogP contribution is 2.22. The molecule has 5 nitrogen and oxygen atoms in total. The van der Waals surface area contributed by atoms with Gasteiger partial charge in [0.25, 0.3) is 5.69 Å². The number of nitro groups is 1. The normalized spacial score (nSPS) is 17.0. The van der Waals surface area contributed by atoms with Gasteiger partial charge >= 0.3 is 0 Å². The lowest BCUT2D eigenvalue weighted by atomic mass is 9.94. The van der Waals surface area contributed by atoms with Crippen molar-refractivity contribution in [2.75, 3.05) is 26.7 Å². The number of non-ortho nitro benzene ring substituents is 1. The first-order valence-electron chi connectivity index (χ1n) is 7.37. The van der Waals surface area contributed by atoms with Crippen LogP contribution >= 0.6 is 15.9 Å². The van der Waals surface area contributed by atoms with E-state index in [2.05, 4.69) is 33.2 Å². The lowest BCUT2D eigenvalue weighted by Gasteiger charge is -2.28. The van der Waals surface area contributed by atoms with Crippen LogP contribution in [0.2, 0.25) is 0 Å². The Labute approximate surface area is 134 Å². The second-order valence-electron chi connectivity index (χ2n) is 5.79. The number of nitrogens with zero attached hydrogens (tertiary/aromatic N) is 2. The van der Waals surface area contributed by atoms with Crippen molar-refractivity contribution >= 4 is 21.6 Å². The highest BCUT2D eigenvalue weighted by molar-refractivity contribution is 9.10. The quantitative estimate of drug-likeness (QED) is 0.483. The topological polar surface area (TPSA) is 58.4 Å². The molecular weight excluding hydrogens is 334 g/mol. The summed E-state index contributed by atoms with van der Waals surface area (Å²) in [6, 6.07) is 5.09. The van der Waals surface area contributed by atoms with Crippen LogP contribution in [0.25, 0.3) is 0 Å². The summed E-state index contributed by atoms with van der Waals surface area (Å²) in [5.74, 6) is 0.811. The van der Waals surface area contributed by atoms with Gasteiger partial charge in [0.1, 0.15) is 0 Å². The zero-order chi connectivity index (χ0) is 15.2. The maximum atomic E-state index is 10.8. The van der Waals surface area contributed by atoms with Gasteiger partial charge in [-0.1, -0.05) is 15.9 Å². The van der Waals surface area contributed by atoms with Crippen molar-refractivity contribution in [2.24, 2.45) is 5.92 Å². The van der Waals surface area contributed by atoms with Gasteiger partial charge in [0.05, 0.1) is 4.92 Å². The molecule has 1 fully saturated rings. The molecule has 0 aliphatic carbocycles. The lowest BCUT2D eigenvalue weighted by Crippen LogP contribution is -2.31. The lowest BCUT2D eigenvalue weighted by molar-refractivity contribution is -0.385. The fourth-order valence-electron chi connectivity index (χ4n) is 2.73. The number of hydrogen-bond donors (Lipinski definition) is 1. The summed E-state index contributed by atoms with van der Waals surface area (Å²) in [5.41, 5.74) is 1.08. The maximum Gasteiger partial charge on any atom is 0.270 e. The summed E-state index contributed by atoms with van der Waals surface area (Å²) in [6.07, 6.45) is 3.74. The fraction of sp³-hybridized carbons (Fsp3) is 0.600. The molecule has 0 spiro atoms. The first kappa shape index (κ1) is 16.4. The molecule has 2 rings (SSSR count). The van der Waals surface area contributed by atoms with E-state index in [9.17, 15) is 10.1 Å². The van der Waals surface area contributed by atoms with Gasteiger partial charge in [0.15, 0.2) is 0 Å². The minimum Gasteiger partial charge on any atom is -0.313 e. The highest BCUT2D eigenvalue weighted by Gasteiger charge is 2.16. The average Bonchev–Trinajstić information content (AvgIpc) is 2.45. The van der Waals surface area contributed by atoms with E-state index in [1.165, 1.54) is 38.4 Å². The molecule has 0 radical (unpaired) electrons. The number of likely N-dealkylation sites (tertiary alicyclic amines) is 1. The van der Waals surface area contributed by atoms with Crippen LogP contribution in [0.5, 0.6) is 0 Å². The van der Waals surface area contributed by atoms with Crippen LogP contribution in [-0.4, -0.2) is 36.5 Å². The number of piperidine rings is 1. The van der Waals surface area contributed by atoms with Crippen molar-refractivity contribution in [3.63, 3.8) is 0 Å². The van der Waals surface area contributed by atoms with Crippen LogP contribution in [0.3, 0.4) is 0 Å². The van der Waals surface area contributed by atoms with E-state index >= 15 is 0 Å². The van der Waals surface area contributed by atoms with Gasteiger partial charge in [-0.2, -0.15) is 0 Å². The van der Waals surface area contributed by atoms with Crippen molar-refractivity contribution in [3.8, 4) is 0 Å². The van der Waals surface area contributed by atoms with Gasteiger partial charge in [-0.15, -0.1) is 0 Å². The predicted octanol–water partition coefficient (Wildman–Crippen LogP) is 3.18. The molecule has 0 saturated carbocycles. The molecule has 0 unspecified atom stereocenters. The number of nitrogens with one attached hydrogen (secondary N) is 1. The smallest absolute Gasteiger partial charge is 0.270 e. The monoisotopic (exact) mass is 355 g/mol. The molecule has 6 heteroatoms. The summed E-state index contributed by atoms with van der Waals surface area (Å²) >= 11 is 3.32. The van der Waals surface area contributed by atoms with Crippen molar-refractivity contribution < 1.29 is 4.92 Å². The molecule has 116 valence electrons. The second-order valence-corrected chi connectivity index (χ2v) is 6.70. The maximum absolute atomic E-state index is 10.8. The van der Waals surface area contributed by atoms with E-state index in [0.29, 0.717) is 6.54 Å². The van der Waals surface area contributed by atoms with E-state index in [1.807, 2.05) is 6.07 Å². The van der Waals surface area contributed by atoms with Crippen molar-refractivity contribution in [3.05, 3.63) is 38.3 Å². The number of halogens is 1. The number of rotatable bonds is 6. The van der Waals surface area contributed by atoms with Gasteiger partial charge in [-0.25, -0.2) is 0 Å². The van der Waals surface area contributed by atoms with Crippen LogP contribution in [0.4, 0.5) is 5.69 Å². The zero-order valence-corrected chi connectivity index (χ0v) is 13.9. The molecule has 0 amide bonds. The third-order valence-electron chi connectivity index (χ3n) is 4.05. The van der Waals surface area contributed by atoms with E-state index in [-0.39, 0.29) is 10.6 Å². The Morgan fingerprint density at radius 1 is 1.38 bits per heavy atom. The van der Waals surface area contributed by atoms with E-state index < -0.39 is 0 Å². The van der Waals surface area contributed by atoms with Gasteiger partial charge in [-0.05, 0) is 63.5 Å². The molecule has 1 aliphatic rings. The molecule has 0 atom stereocenters. The number of nitro benzene ring substituents is 1. The van der Waals surface area contributed by atoms with E-state index in [4.69, 9.17) is 0 Å². The molecule has 1 N–H and O–H groups in total. The van der Waals surface area contributed by atoms with Crippen molar-refractivity contribution in [2.45, 2.75) is 25.8 Å². The van der Waals surface area contributed by atoms with Crippen LogP contribution in [0, 0.1) is 16.0 Å². The van der Waals surface area contributed by atoms with Gasteiger partial charge in [-0.3, -0.25) is 10.1 Å². The number of benzene rings is 1. The van der Waals surface area contributed by atoms with Crippen molar-refractivity contribution in [1.29, 1.82) is 0 Å². The molecule has 1 heterocycles. The van der Waals surface area contributed by atoms with Crippen LogP contribution in [0.15, 0.2) is 22.7 Å². The van der Waals surface area contributed by atoms with Crippen molar-refractivity contribution in [1.82, 2.24) is 10.2 Å². The second kappa shape index (κ2) is 7.87. The Hall–Kier alpha value is -0.980. The first-order chi connectivity index (χ1) is 10.0. The third kappa shape index (κ3) is 5.37. The SMILES string of the molecule is CN1CCC(CCNCc2cc(Br)cc([N+](=O)[O-])c2)CC1. The first-order valence-corrected chi connectivity index (χ1v) is 8.17. The summed E-state index contributed by atoms with van der Waals surface area (Å²) in [5, 5.41) is 14.2. The standard InChI is InChI=1S/C15H22BrN3O2/c1-18-6-3-12(4-7-18)2-5-17-11-13-8-14(16)10-15(9-13)19(20)21/h8-10,12,17H,2-7,11H2,1H3. The Kier molecular flexibility index (Phi) is 6.14. The van der Waals surface area contributed by atoms with Crippen LogP contribution < -0.4 is 5.32 Å². The molecule has 1 aromatic rings. The summed E-state index contributed by atoms with van der Waals surface area (Å²) in [6.45, 7) is 4.03. The molecule has 0 bridgehead atoms. The largest absolute Gasteiger partial charge is 0.313 e. The zero-order valence-electron chi connectivity index (χ0n) is 12.3. The summed E-state index contributed by atoms with van der Waals surface area (Å²) in [4.78, 5) is 12.9. The average molecular weight is 356 g/mol. The van der Waals surface area contributed by atoms with Gasteiger partial charge in [0, 0.05) is 23.2 Å². The Bertz CT molecular complexity index is 488. The minimum atomic E-state index is -0.354. The van der Waals surface area contributed by atoms with Gasteiger partial charge < -0.3 is 10.2 Å². The predicted molar refractivity (Wildman–Crippen MR) is 87.3 cm³/mol. The number of hydrogen-bond acceptors (Lipinski definition) is 4. The molecule has 21 heavy (non-hydrogen) atoms. The molecule has 0 aromatic heterocycles. The molecular formula is C15H22BrN3O2. The summed E-state index contributed by atoms with van der Waals surface area (Å²) in [7, 11) is 2.18. The van der Waals surface area contributed by atoms with Gasteiger partial charge in [0.2, 0.25) is 0 Å². The molecule has 1 aliphatic heterocycles. The third-order valence-corrected chi connectivity index (χ3v) is 4.51. The Morgan fingerprint density at radius 2 is 2.10 bits per heavy atom. The molecule has 1 saturated heterocycles. The Balaban J connectivity index is 1.74. The Morgan fingerprint density at radius 3 is 2.76 bits per heavy atom. The molecule has 1 aromatic carbocycles. The van der Waals surface area contributed by atoms with Crippen LogP contribution in [-0.2, 0) is 6.54 Å². The fourth-order valence-corrected chi connectivity index (χ4v) is 3.26. The summed E-state index contributed by atoms with van der Waals surface area (Å²) < 4.78 is 0.754. The highest BCUT2D eigenvalue weighted by atomic mass is 79.9. The van der Waals surface area contributed by atoms with E-state index in [0.717, 1.165) is 22.5 Å².